The van der Waals surface area contributed by atoms with E-state index in [1.165, 1.54) is 21.1 Å². The van der Waals surface area contributed by atoms with Gasteiger partial charge in [-0.15, -0.1) is 34.0 Å². The first-order chi connectivity index (χ1) is 10.6. The summed E-state index contributed by atoms with van der Waals surface area (Å²) in [5.74, 6) is -0.0115. The molecule has 1 N–H and O–H groups in total. The third-order valence-electron chi connectivity index (χ3n) is 2.99. The molecule has 22 heavy (non-hydrogen) atoms. The van der Waals surface area contributed by atoms with E-state index in [0.29, 0.717) is 6.54 Å². The van der Waals surface area contributed by atoms with E-state index in [9.17, 15) is 4.79 Å². The molecule has 3 nitrogen and oxygen atoms in total. The molecule has 0 spiro atoms. The molecule has 0 aromatic carbocycles. The number of halogens is 1. The number of nitrogens with one attached hydrogen (secondary N) is 1. The van der Waals surface area contributed by atoms with E-state index in [1.807, 2.05) is 19.1 Å². The molecule has 0 aliphatic heterocycles. The Balaban J connectivity index is 1.54. The molecular formula is C15H13BrN2OS3. The van der Waals surface area contributed by atoms with Gasteiger partial charge in [0.05, 0.1) is 24.2 Å². The highest BCUT2D eigenvalue weighted by atomic mass is 79.9. The maximum absolute atomic E-state index is 12.0. The zero-order valence-corrected chi connectivity index (χ0v) is 15.8. The third kappa shape index (κ3) is 3.84. The maximum atomic E-state index is 12.0. The van der Waals surface area contributed by atoms with Crippen LogP contribution in [0.15, 0.2) is 33.4 Å². The monoisotopic (exact) mass is 412 g/mol. The number of aromatic nitrogens is 1. The van der Waals surface area contributed by atoms with Gasteiger partial charge in [-0.3, -0.25) is 4.79 Å². The Bertz CT molecular complexity index is 790. The molecule has 7 heteroatoms. The Morgan fingerprint density at radius 2 is 2.14 bits per heavy atom. The van der Waals surface area contributed by atoms with Crippen LogP contribution in [0.1, 0.15) is 19.6 Å². The van der Waals surface area contributed by atoms with E-state index in [-0.39, 0.29) is 5.91 Å². The lowest BCUT2D eigenvalue weighted by molar-refractivity contribution is 0.0958. The number of nitrogens with zero attached hydrogens (tertiary/aromatic N) is 1. The smallest absolute Gasteiger partial charge is 0.261 e. The first-order valence-corrected chi connectivity index (χ1v) is 9.97. The van der Waals surface area contributed by atoms with Crippen LogP contribution in [0.4, 0.5) is 0 Å². The van der Waals surface area contributed by atoms with E-state index in [4.69, 9.17) is 0 Å². The molecule has 0 aliphatic rings. The van der Waals surface area contributed by atoms with Crippen molar-refractivity contribution in [1.82, 2.24) is 10.3 Å². The Labute approximate surface area is 149 Å². The number of carbonyl (C=O) groups excluding carboxylic acids is 1. The molecule has 114 valence electrons. The van der Waals surface area contributed by atoms with E-state index in [2.05, 4.69) is 43.7 Å². The molecule has 0 saturated carbocycles. The standard InChI is InChI=1S/C15H13BrN2OS3/c1-9-18-11(8-20-9)12-3-2-10(21-12)6-7-17-15(19)13-4-5-14(16)22-13/h2-5,8H,6-7H2,1H3,(H,17,19). The molecule has 3 aromatic rings. The highest BCUT2D eigenvalue weighted by Crippen LogP contribution is 2.29. The highest BCUT2D eigenvalue weighted by molar-refractivity contribution is 9.11. The molecule has 0 fully saturated rings. The highest BCUT2D eigenvalue weighted by Gasteiger charge is 2.09. The number of thiazole rings is 1. The minimum atomic E-state index is -0.0115. The first kappa shape index (κ1) is 15.9. The van der Waals surface area contributed by atoms with Gasteiger partial charge >= 0.3 is 0 Å². The Kier molecular flexibility index (Phi) is 5.07. The Morgan fingerprint density at radius 1 is 1.27 bits per heavy atom. The predicted molar refractivity (Wildman–Crippen MR) is 98.2 cm³/mol. The van der Waals surface area contributed by atoms with Crippen LogP contribution in [0.3, 0.4) is 0 Å². The third-order valence-corrected chi connectivity index (χ3v) is 6.55. The number of hydrogen-bond donors (Lipinski definition) is 1. The largest absolute Gasteiger partial charge is 0.351 e. The molecule has 3 heterocycles. The van der Waals surface area contributed by atoms with Crippen LogP contribution in [0.5, 0.6) is 0 Å². The van der Waals surface area contributed by atoms with Crippen molar-refractivity contribution in [2.24, 2.45) is 0 Å². The summed E-state index contributed by atoms with van der Waals surface area (Å²) in [7, 11) is 0. The summed E-state index contributed by atoms with van der Waals surface area (Å²) in [5, 5.41) is 6.13. The van der Waals surface area contributed by atoms with Crippen molar-refractivity contribution < 1.29 is 4.79 Å². The van der Waals surface area contributed by atoms with Crippen molar-refractivity contribution in [3.63, 3.8) is 0 Å². The van der Waals surface area contributed by atoms with Gasteiger partial charge in [0.15, 0.2) is 0 Å². The number of hydrogen-bond acceptors (Lipinski definition) is 5. The fourth-order valence-electron chi connectivity index (χ4n) is 1.95. The second kappa shape index (κ2) is 7.04. The topological polar surface area (TPSA) is 42.0 Å². The summed E-state index contributed by atoms with van der Waals surface area (Å²) in [6.45, 7) is 2.66. The SMILES string of the molecule is Cc1nc(-c2ccc(CCNC(=O)c3ccc(Br)s3)s2)cs1. The molecule has 0 unspecified atom stereocenters. The second-order valence-electron chi connectivity index (χ2n) is 4.63. The Morgan fingerprint density at radius 3 is 2.82 bits per heavy atom. The number of thiophene rings is 2. The van der Waals surface area contributed by atoms with Crippen molar-refractivity contribution in [3.05, 3.63) is 48.2 Å². The average Bonchev–Trinajstić information content (AvgIpc) is 3.19. The van der Waals surface area contributed by atoms with Gasteiger partial charge < -0.3 is 5.32 Å². The van der Waals surface area contributed by atoms with Crippen LogP contribution >= 0.6 is 49.9 Å². The van der Waals surface area contributed by atoms with Crippen LogP contribution in [-0.2, 0) is 6.42 Å². The summed E-state index contributed by atoms with van der Waals surface area (Å²) < 4.78 is 0.971. The van der Waals surface area contributed by atoms with Crippen molar-refractivity contribution in [3.8, 4) is 10.6 Å². The zero-order chi connectivity index (χ0) is 15.5. The van der Waals surface area contributed by atoms with Crippen molar-refractivity contribution in [2.45, 2.75) is 13.3 Å². The van der Waals surface area contributed by atoms with E-state index in [0.717, 1.165) is 25.8 Å². The minimum Gasteiger partial charge on any atom is -0.351 e. The maximum Gasteiger partial charge on any atom is 0.261 e. The van der Waals surface area contributed by atoms with Crippen molar-refractivity contribution in [2.75, 3.05) is 6.54 Å². The van der Waals surface area contributed by atoms with Crippen LogP contribution in [0.25, 0.3) is 10.6 Å². The lowest BCUT2D eigenvalue weighted by Crippen LogP contribution is -2.24. The minimum absolute atomic E-state index is 0.0115. The molecule has 0 atom stereocenters. The van der Waals surface area contributed by atoms with Gasteiger partial charge in [0.25, 0.3) is 5.91 Å². The molecule has 1 amide bonds. The van der Waals surface area contributed by atoms with Crippen molar-refractivity contribution in [1.29, 1.82) is 0 Å². The number of carbonyl (C=O) groups is 1. The summed E-state index contributed by atoms with van der Waals surface area (Å²) in [6, 6.07) is 7.94. The fraction of sp³-hybridized carbons (Fsp3) is 0.200. The zero-order valence-electron chi connectivity index (χ0n) is 11.8. The normalized spacial score (nSPS) is 10.8. The quantitative estimate of drug-likeness (QED) is 0.641. The molecule has 3 aromatic heterocycles. The summed E-state index contributed by atoms with van der Waals surface area (Å²) >= 11 is 8.22. The molecule has 0 bridgehead atoms. The van der Waals surface area contributed by atoms with Crippen LogP contribution < -0.4 is 5.32 Å². The van der Waals surface area contributed by atoms with Gasteiger partial charge in [-0.2, -0.15) is 0 Å². The van der Waals surface area contributed by atoms with Crippen LogP contribution in [-0.4, -0.2) is 17.4 Å². The van der Waals surface area contributed by atoms with Crippen molar-refractivity contribution >= 4 is 55.8 Å². The molecule has 0 saturated heterocycles. The lowest BCUT2D eigenvalue weighted by Gasteiger charge is -2.01. The van der Waals surface area contributed by atoms with Crippen LogP contribution in [0, 0.1) is 6.92 Å². The number of aryl methyl sites for hydroxylation is 1. The van der Waals surface area contributed by atoms with Gasteiger partial charge in [0.1, 0.15) is 0 Å². The van der Waals surface area contributed by atoms with Gasteiger partial charge in [-0.1, -0.05) is 0 Å². The predicted octanol–water partition coefficient (Wildman–Crippen LogP) is 4.98. The average molecular weight is 413 g/mol. The number of amides is 1. The molecular weight excluding hydrogens is 400 g/mol. The van der Waals surface area contributed by atoms with Gasteiger partial charge in [0, 0.05) is 16.8 Å². The molecule has 0 radical (unpaired) electrons. The van der Waals surface area contributed by atoms with E-state index in [1.54, 1.807) is 22.7 Å². The fourth-order valence-corrected chi connectivity index (χ4v) is 4.91. The van der Waals surface area contributed by atoms with Gasteiger partial charge in [-0.05, 0) is 53.5 Å². The number of rotatable bonds is 5. The van der Waals surface area contributed by atoms with E-state index >= 15 is 0 Å². The van der Waals surface area contributed by atoms with E-state index < -0.39 is 0 Å². The molecule has 0 aliphatic carbocycles. The second-order valence-corrected chi connectivity index (χ2v) is 9.32. The summed E-state index contributed by atoms with van der Waals surface area (Å²) in [4.78, 5) is 19.6. The first-order valence-electron chi connectivity index (χ1n) is 6.66. The summed E-state index contributed by atoms with van der Waals surface area (Å²) in [5.41, 5.74) is 1.05. The lowest BCUT2D eigenvalue weighted by atomic mass is 10.3. The Hall–Kier alpha value is -1.02. The van der Waals surface area contributed by atoms with Gasteiger partial charge in [-0.25, -0.2) is 4.98 Å². The molecule has 3 rings (SSSR count). The van der Waals surface area contributed by atoms with Crippen LogP contribution in [0.2, 0.25) is 0 Å². The van der Waals surface area contributed by atoms with Gasteiger partial charge in [0.2, 0.25) is 0 Å². The summed E-state index contributed by atoms with van der Waals surface area (Å²) in [6.07, 6.45) is 0.839.